The van der Waals surface area contributed by atoms with Crippen molar-refractivity contribution in [1.82, 2.24) is 9.55 Å². The third-order valence-corrected chi connectivity index (χ3v) is 4.35. The van der Waals surface area contributed by atoms with Crippen LogP contribution < -0.4 is 9.57 Å². The second kappa shape index (κ2) is 7.45. The molecule has 3 rings (SSSR count). The maximum atomic E-state index is 13.1. The second-order valence-electron chi connectivity index (χ2n) is 5.99. The number of benzene rings is 1. The third-order valence-electron chi connectivity index (χ3n) is 4.35. The maximum absolute atomic E-state index is 13.1. The van der Waals surface area contributed by atoms with Gasteiger partial charge in [-0.1, -0.05) is 18.2 Å². The first-order valence-corrected chi connectivity index (χ1v) is 8.21. The number of hydrogen-bond acceptors (Lipinski definition) is 5. The van der Waals surface area contributed by atoms with E-state index in [9.17, 15) is 14.5 Å². The van der Waals surface area contributed by atoms with Gasteiger partial charge in [-0.2, -0.15) is 0 Å². The van der Waals surface area contributed by atoms with Gasteiger partial charge in [0.05, 0.1) is 6.20 Å². The summed E-state index contributed by atoms with van der Waals surface area (Å²) in [4.78, 5) is 19.8. The molecule has 0 aliphatic rings. The van der Waals surface area contributed by atoms with Gasteiger partial charge in [-0.05, 0) is 37.1 Å². The molecule has 27 heavy (non-hydrogen) atoms. The molecule has 1 aromatic carbocycles. The molecule has 0 atom stereocenters. The van der Waals surface area contributed by atoms with Gasteiger partial charge in [0.15, 0.2) is 5.75 Å². The Labute approximate surface area is 154 Å². The fraction of sp³-hybridized carbons (Fsp3) is 0.211. The minimum Gasteiger partial charge on any atom is -0.471 e. The minimum absolute atomic E-state index is 0.0487. The zero-order valence-electron chi connectivity index (χ0n) is 14.9. The Morgan fingerprint density at radius 1 is 1.33 bits per heavy atom. The zero-order valence-corrected chi connectivity index (χ0v) is 14.9. The van der Waals surface area contributed by atoms with Crippen molar-refractivity contribution in [1.29, 1.82) is 0 Å². The van der Waals surface area contributed by atoms with E-state index in [0.29, 0.717) is 23.3 Å². The van der Waals surface area contributed by atoms with E-state index in [1.165, 1.54) is 18.3 Å². The summed E-state index contributed by atoms with van der Waals surface area (Å²) in [6.07, 6.45) is 2.99. The second-order valence-corrected chi connectivity index (χ2v) is 5.99. The first-order valence-electron chi connectivity index (χ1n) is 8.21. The smallest absolute Gasteiger partial charge is 0.299 e. The summed E-state index contributed by atoms with van der Waals surface area (Å²) in [6, 6.07) is 5.95. The van der Waals surface area contributed by atoms with Crippen LogP contribution in [0.25, 0.3) is 10.9 Å². The van der Waals surface area contributed by atoms with Crippen LogP contribution in [0.3, 0.4) is 0 Å². The molecule has 7 nitrogen and oxygen atoms in total. The summed E-state index contributed by atoms with van der Waals surface area (Å²) < 4.78 is 20.8. The number of rotatable bonds is 7. The van der Waals surface area contributed by atoms with Crippen LogP contribution in [-0.4, -0.2) is 14.6 Å². The standard InChI is InChI=1S/C19H18FN3O4/c1-4-9-22-13(3)12(2)17-16(27-23(24)25)10-21-19(18(17)22)26-11-14-5-7-15(20)8-6-14/h4-8,10H,1,9,11H2,2-3H3. The van der Waals surface area contributed by atoms with Gasteiger partial charge < -0.3 is 9.30 Å². The van der Waals surface area contributed by atoms with Crippen molar-refractivity contribution >= 4 is 10.9 Å². The van der Waals surface area contributed by atoms with Gasteiger partial charge in [0.1, 0.15) is 17.9 Å². The van der Waals surface area contributed by atoms with Crippen LogP contribution in [0, 0.1) is 29.8 Å². The summed E-state index contributed by atoms with van der Waals surface area (Å²) in [5.74, 6) is 0.0299. The van der Waals surface area contributed by atoms with Gasteiger partial charge in [-0.15, -0.1) is 16.7 Å². The van der Waals surface area contributed by atoms with Crippen LogP contribution in [-0.2, 0) is 13.2 Å². The number of aryl methyl sites for hydroxylation is 1. The van der Waals surface area contributed by atoms with E-state index in [4.69, 9.17) is 9.57 Å². The molecule has 0 unspecified atom stereocenters. The number of hydrogen-bond donors (Lipinski definition) is 0. The van der Waals surface area contributed by atoms with Crippen molar-refractivity contribution in [2.45, 2.75) is 27.0 Å². The van der Waals surface area contributed by atoms with Gasteiger partial charge in [0.25, 0.3) is 5.09 Å². The van der Waals surface area contributed by atoms with Crippen LogP contribution in [0.1, 0.15) is 16.8 Å². The number of halogens is 1. The fourth-order valence-electron chi connectivity index (χ4n) is 2.98. The van der Waals surface area contributed by atoms with Crippen molar-refractivity contribution in [3.63, 3.8) is 0 Å². The van der Waals surface area contributed by atoms with E-state index in [-0.39, 0.29) is 18.2 Å². The molecule has 0 spiro atoms. The number of fused-ring (bicyclic) bond motifs is 1. The normalized spacial score (nSPS) is 10.8. The van der Waals surface area contributed by atoms with Gasteiger partial charge in [0.2, 0.25) is 5.88 Å². The summed E-state index contributed by atoms with van der Waals surface area (Å²) in [5, 5.41) is 10.5. The monoisotopic (exact) mass is 371 g/mol. The lowest BCUT2D eigenvalue weighted by atomic mass is 10.2. The Balaban J connectivity index is 2.08. The number of pyridine rings is 1. The van der Waals surface area contributed by atoms with Crippen LogP contribution >= 0.6 is 0 Å². The molecule has 2 aromatic heterocycles. The average molecular weight is 371 g/mol. The summed E-state index contributed by atoms with van der Waals surface area (Å²) >= 11 is 0. The van der Waals surface area contributed by atoms with Crippen LogP contribution in [0.5, 0.6) is 11.6 Å². The van der Waals surface area contributed by atoms with E-state index < -0.39 is 5.09 Å². The van der Waals surface area contributed by atoms with Crippen LogP contribution in [0.4, 0.5) is 4.39 Å². The number of aromatic nitrogens is 2. The molecule has 0 fully saturated rings. The largest absolute Gasteiger partial charge is 0.471 e. The van der Waals surface area contributed by atoms with Crippen LogP contribution in [0.15, 0.2) is 43.1 Å². The van der Waals surface area contributed by atoms with Crippen molar-refractivity contribution < 1.29 is 19.1 Å². The van der Waals surface area contributed by atoms with Crippen molar-refractivity contribution in [2.24, 2.45) is 0 Å². The molecule has 0 N–H and O–H groups in total. The van der Waals surface area contributed by atoms with Gasteiger partial charge in [0, 0.05) is 17.6 Å². The lowest BCUT2D eigenvalue weighted by Crippen LogP contribution is -2.06. The lowest BCUT2D eigenvalue weighted by Gasteiger charge is -2.11. The number of nitrogens with zero attached hydrogens (tertiary/aromatic N) is 3. The molecule has 0 aliphatic heterocycles. The van der Waals surface area contributed by atoms with E-state index in [2.05, 4.69) is 11.6 Å². The molecule has 140 valence electrons. The van der Waals surface area contributed by atoms with Gasteiger partial charge in [-0.25, -0.2) is 9.37 Å². The average Bonchev–Trinajstić information content (AvgIpc) is 2.88. The molecule has 0 saturated carbocycles. The molecule has 0 saturated heterocycles. The SMILES string of the molecule is C=CCn1c(C)c(C)c2c(O[N+](=O)[O-])cnc(OCc3ccc(F)cc3)c21. The Morgan fingerprint density at radius 2 is 2.04 bits per heavy atom. The molecular formula is C19H18FN3O4. The lowest BCUT2D eigenvalue weighted by molar-refractivity contribution is -0.710. The van der Waals surface area contributed by atoms with Crippen molar-refractivity contribution in [3.05, 3.63) is 75.9 Å². The van der Waals surface area contributed by atoms with E-state index >= 15 is 0 Å². The molecule has 0 radical (unpaired) electrons. The maximum Gasteiger partial charge on any atom is 0.299 e. The number of ether oxygens (including phenoxy) is 1. The quantitative estimate of drug-likeness (QED) is 0.354. The Kier molecular flexibility index (Phi) is 5.07. The highest BCUT2D eigenvalue weighted by Gasteiger charge is 2.21. The first-order chi connectivity index (χ1) is 12.9. The Hall–Kier alpha value is -3.42. The Bertz CT molecular complexity index is 1010. The van der Waals surface area contributed by atoms with Gasteiger partial charge >= 0.3 is 0 Å². The highest BCUT2D eigenvalue weighted by molar-refractivity contribution is 5.94. The highest BCUT2D eigenvalue weighted by atomic mass is 19.1. The first kappa shape index (κ1) is 18.4. The molecule has 0 amide bonds. The highest BCUT2D eigenvalue weighted by Crippen LogP contribution is 2.37. The Morgan fingerprint density at radius 3 is 2.67 bits per heavy atom. The predicted molar refractivity (Wildman–Crippen MR) is 97.8 cm³/mol. The molecule has 2 heterocycles. The topological polar surface area (TPSA) is 79.4 Å². The summed E-state index contributed by atoms with van der Waals surface area (Å²) in [5.41, 5.74) is 3.09. The number of allylic oxidation sites excluding steroid dienone is 1. The molecule has 8 heteroatoms. The van der Waals surface area contributed by atoms with Gasteiger partial charge in [-0.3, -0.25) is 4.84 Å². The predicted octanol–water partition coefficient (Wildman–Crippen LogP) is 4.13. The molecule has 0 bridgehead atoms. The van der Waals surface area contributed by atoms with E-state index in [1.807, 2.05) is 18.4 Å². The minimum atomic E-state index is -0.866. The zero-order chi connectivity index (χ0) is 19.6. The fourth-order valence-corrected chi connectivity index (χ4v) is 2.98. The summed E-state index contributed by atoms with van der Waals surface area (Å²) in [6.45, 7) is 8.17. The molecule has 3 aromatic rings. The van der Waals surface area contributed by atoms with Crippen LogP contribution in [0.2, 0.25) is 0 Å². The molecule has 0 aliphatic carbocycles. The van der Waals surface area contributed by atoms with E-state index in [0.717, 1.165) is 16.8 Å². The van der Waals surface area contributed by atoms with E-state index in [1.54, 1.807) is 18.2 Å². The van der Waals surface area contributed by atoms with Crippen molar-refractivity contribution in [3.8, 4) is 11.6 Å². The van der Waals surface area contributed by atoms with Crippen molar-refractivity contribution in [2.75, 3.05) is 0 Å². The molecular weight excluding hydrogens is 353 g/mol. The third kappa shape index (κ3) is 3.59. The summed E-state index contributed by atoms with van der Waals surface area (Å²) in [7, 11) is 0.